The Balaban J connectivity index is 2.95. The summed E-state index contributed by atoms with van der Waals surface area (Å²) >= 11 is 0. The molecule has 94 valence electrons. The normalized spacial score (nSPS) is 14.1. The summed E-state index contributed by atoms with van der Waals surface area (Å²) in [4.78, 5) is 11.0. The quantitative estimate of drug-likeness (QED) is 0.434. The van der Waals surface area contributed by atoms with E-state index in [2.05, 4.69) is 5.43 Å². The van der Waals surface area contributed by atoms with Gasteiger partial charge in [-0.2, -0.15) is 0 Å². The second kappa shape index (κ2) is 5.03. The Hall–Kier alpha value is -1.79. The Morgan fingerprint density at radius 3 is 2.65 bits per heavy atom. The predicted molar refractivity (Wildman–Crippen MR) is 61.7 cm³/mol. The highest BCUT2D eigenvalue weighted by Crippen LogP contribution is 2.27. The standard InChI is InChI=1S/C11H16N2O4/c1-11(13-12,10(15)16)6-7-3-4-9(17-2)8(14)5-7/h3-5,13-14H,6,12H2,1-2H3,(H,15,16)/t11-/m0/s1. The van der Waals surface area contributed by atoms with Crippen molar-refractivity contribution in [2.24, 2.45) is 5.84 Å². The van der Waals surface area contributed by atoms with Crippen LogP contribution < -0.4 is 16.0 Å². The number of hydrazine groups is 1. The SMILES string of the molecule is COc1ccc(C[C@](C)(NN)C(=O)O)cc1O. The van der Waals surface area contributed by atoms with Crippen molar-refractivity contribution in [2.75, 3.05) is 7.11 Å². The van der Waals surface area contributed by atoms with Crippen LogP contribution in [0.15, 0.2) is 18.2 Å². The van der Waals surface area contributed by atoms with Crippen LogP contribution in [0.2, 0.25) is 0 Å². The number of hydrogen-bond donors (Lipinski definition) is 4. The van der Waals surface area contributed by atoms with E-state index < -0.39 is 11.5 Å². The summed E-state index contributed by atoms with van der Waals surface area (Å²) in [6.07, 6.45) is 0.149. The number of methoxy groups -OCH3 is 1. The molecule has 0 aromatic heterocycles. The molecule has 0 aliphatic carbocycles. The Kier molecular flexibility index (Phi) is 3.93. The predicted octanol–water partition coefficient (Wildman–Crippen LogP) is 0.250. The van der Waals surface area contributed by atoms with Crippen molar-refractivity contribution in [3.63, 3.8) is 0 Å². The Morgan fingerprint density at radius 2 is 2.24 bits per heavy atom. The van der Waals surface area contributed by atoms with Gasteiger partial charge < -0.3 is 14.9 Å². The summed E-state index contributed by atoms with van der Waals surface area (Å²) in [5.41, 5.74) is 1.63. The van der Waals surface area contributed by atoms with Crippen LogP contribution in [0.5, 0.6) is 11.5 Å². The van der Waals surface area contributed by atoms with Gasteiger partial charge in [0.05, 0.1) is 7.11 Å². The molecule has 0 amide bonds. The van der Waals surface area contributed by atoms with Gasteiger partial charge in [-0.3, -0.25) is 10.6 Å². The number of nitrogens with two attached hydrogens (primary N) is 1. The van der Waals surface area contributed by atoms with Gasteiger partial charge in [-0.1, -0.05) is 6.07 Å². The average molecular weight is 240 g/mol. The Bertz CT molecular complexity index is 422. The number of phenols is 1. The molecule has 0 saturated heterocycles. The molecule has 1 aromatic carbocycles. The molecule has 17 heavy (non-hydrogen) atoms. The van der Waals surface area contributed by atoms with E-state index in [1.54, 1.807) is 12.1 Å². The maximum Gasteiger partial charge on any atom is 0.325 e. The fourth-order valence-electron chi connectivity index (χ4n) is 1.44. The van der Waals surface area contributed by atoms with Crippen LogP contribution in [0.25, 0.3) is 0 Å². The molecular weight excluding hydrogens is 224 g/mol. The molecular formula is C11H16N2O4. The molecule has 0 saturated carbocycles. The number of carboxylic acids is 1. The molecule has 0 bridgehead atoms. The number of carboxylic acid groups (broad SMARTS) is 1. The van der Waals surface area contributed by atoms with Crippen LogP contribution in [0.3, 0.4) is 0 Å². The molecule has 1 aromatic rings. The first-order chi connectivity index (χ1) is 7.92. The van der Waals surface area contributed by atoms with Crippen LogP contribution in [-0.2, 0) is 11.2 Å². The van der Waals surface area contributed by atoms with E-state index in [1.807, 2.05) is 0 Å². The minimum absolute atomic E-state index is 0.0326. The van der Waals surface area contributed by atoms with E-state index in [4.69, 9.17) is 15.7 Å². The van der Waals surface area contributed by atoms with E-state index in [9.17, 15) is 9.90 Å². The summed E-state index contributed by atoms with van der Waals surface area (Å²) in [6, 6.07) is 4.71. The number of hydrogen-bond acceptors (Lipinski definition) is 5. The molecule has 0 radical (unpaired) electrons. The van der Waals surface area contributed by atoms with Crippen molar-refractivity contribution < 1.29 is 19.7 Å². The first-order valence-electron chi connectivity index (χ1n) is 5.00. The number of ether oxygens (including phenoxy) is 1. The van der Waals surface area contributed by atoms with Crippen LogP contribution >= 0.6 is 0 Å². The van der Waals surface area contributed by atoms with E-state index in [0.29, 0.717) is 11.3 Å². The number of nitrogens with one attached hydrogen (secondary N) is 1. The van der Waals surface area contributed by atoms with Gasteiger partial charge in [0, 0.05) is 6.42 Å². The zero-order valence-electron chi connectivity index (χ0n) is 9.73. The number of benzene rings is 1. The van der Waals surface area contributed by atoms with Crippen molar-refractivity contribution in [3.05, 3.63) is 23.8 Å². The fourth-order valence-corrected chi connectivity index (χ4v) is 1.44. The third kappa shape index (κ3) is 2.86. The van der Waals surface area contributed by atoms with Gasteiger partial charge in [-0.05, 0) is 24.6 Å². The largest absolute Gasteiger partial charge is 0.504 e. The molecule has 6 nitrogen and oxygen atoms in total. The lowest BCUT2D eigenvalue weighted by Crippen LogP contribution is -2.54. The second-order valence-electron chi connectivity index (χ2n) is 3.96. The topological polar surface area (TPSA) is 105 Å². The molecule has 1 atom stereocenters. The molecule has 5 N–H and O–H groups in total. The highest BCUT2D eigenvalue weighted by Gasteiger charge is 2.32. The van der Waals surface area contributed by atoms with Crippen molar-refractivity contribution in [1.29, 1.82) is 0 Å². The fraction of sp³-hybridized carbons (Fsp3) is 0.364. The van der Waals surface area contributed by atoms with Gasteiger partial charge in [0.25, 0.3) is 0 Å². The zero-order valence-corrected chi connectivity index (χ0v) is 9.73. The lowest BCUT2D eigenvalue weighted by Gasteiger charge is -2.23. The van der Waals surface area contributed by atoms with Gasteiger partial charge in [0.15, 0.2) is 11.5 Å². The summed E-state index contributed by atoms with van der Waals surface area (Å²) < 4.78 is 4.90. The summed E-state index contributed by atoms with van der Waals surface area (Å²) in [5.74, 6) is 4.48. The summed E-state index contributed by atoms with van der Waals surface area (Å²) in [5, 5.41) is 18.6. The third-order valence-electron chi connectivity index (χ3n) is 2.59. The van der Waals surface area contributed by atoms with E-state index >= 15 is 0 Å². The number of carbonyl (C=O) groups is 1. The molecule has 1 rings (SSSR count). The Morgan fingerprint density at radius 1 is 1.59 bits per heavy atom. The maximum absolute atomic E-state index is 11.0. The Labute approximate surface area is 99.0 Å². The lowest BCUT2D eigenvalue weighted by atomic mass is 9.93. The highest BCUT2D eigenvalue weighted by molar-refractivity contribution is 5.78. The van der Waals surface area contributed by atoms with Crippen LogP contribution in [0, 0.1) is 0 Å². The highest BCUT2D eigenvalue weighted by atomic mass is 16.5. The molecule has 6 heteroatoms. The molecule has 0 unspecified atom stereocenters. The van der Waals surface area contributed by atoms with Crippen LogP contribution in [0.4, 0.5) is 0 Å². The van der Waals surface area contributed by atoms with Gasteiger partial charge in [0.1, 0.15) is 5.54 Å². The lowest BCUT2D eigenvalue weighted by molar-refractivity contribution is -0.144. The third-order valence-corrected chi connectivity index (χ3v) is 2.59. The smallest absolute Gasteiger partial charge is 0.325 e. The molecule has 0 spiro atoms. The first kappa shape index (κ1) is 13.3. The van der Waals surface area contributed by atoms with Crippen molar-refractivity contribution in [2.45, 2.75) is 18.9 Å². The minimum atomic E-state index is -1.28. The van der Waals surface area contributed by atoms with Gasteiger partial charge in [-0.15, -0.1) is 0 Å². The summed E-state index contributed by atoms with van der Waals surface area (Å²) in [7, 11) is 1.44. The molecule has 0 fully saturated rings. The number of aromatic hydroxyl groups is 1. The van der Waals surface area contributed by atoms with E-state index in [0.717, 1.165) is 0 Å². The van der Waals surface area contributed by atoms with Crippen LogP contribution in [0.1, 0.15) is 12.5 Å². The summed E-state index contributed by atoms with van der Waals surface area (Å²) in [6.45, 7) is 1.47. The van der Waals surface area contributed by atoms with E-state index in [-0.39, 0.29) is 12.2 Å². The van der Waals surface area contributed by atoms with Gasteiger partial charge in [-0.25, -0.2) is 5.43 Å². The maximum atomic E-state index is 11.0. The van der Waals surface area contributed by atoms with Crippen molar-refractivity contribution >= 4 is 5.97 Å². The number of phenolic OH excluding ortho intramolecular Hbond substituents is 1. The molecule has 0 aliphatic rings. The van der Waals surface area contributed by atoms with Gasteiger partial charge >= 0.3 is 5.97 Å². The van der Waals surface area contributed by atoms with Crippen LogP contribution in [-0.4, -0.2) is 28.8 Å². The number of aliphatic carboxylic acids is 1. The first-order valence-corrected chi connectivity index (χ1v) is 5.00. The van der Waals surface area contributed by atoms with Gasteiger partial charge in [0.2, 0.25) is 0 Å². The number of rotatable bonds is 5. The zero-order chi connectivity index (χ0) is 13.1. The minimum Gasteiger partial charge on any atom is -0.504 e. The molecule has 0 aliphatic heterocycles. The van der Waals surface area contributed by atoms with Crippen molar-refractivity contribution in [3.8, 4) is 11.5 Å². The average Bonchev–Trinajstić information content (AvgIpc) is 2.29. The van der Waals surface area contributed by atoms with E-state index in [1.165, 1.54) is 20.1 Å². The van der Waals surface area contributed by atoms with Crippen molar-refractivity contribution in [1.82, 2.24) is 5.43 Å². The second-order valence-corrected chi connectivity index (χ2v) is 3.96. The monoisotopic (exact) mass is 240 g/mol. The molecule has 0 heterocycles.